The Labute approximate surface area is 126 Å². The molecule has 1 aromatic carbocycles. The second-order valence-corrected chi connectivity index (χ2v) is 6.62. The molecule has 0 aliphatic heterocycles. The van der Waals surface area contributed by atoms with Crippen LogP contribution >= 0.6 is 11.6 Å². The Kier molecular flexibility index (Phi) is 4.87. The van der Waals surface area contributed by atoms with Crippen molar-refractivity contribution in [3.8, 4) is 0 Å². The van der Waals surface area contributed by atoms with Gasteiger partial charge in [-0.2, -0.15) is 0 Å². The maximum atomic E-state index is 6.07. The summed E-state index contributed by atoms with van der Waals surface area (Å²) in [4.78, 5) is 6.90. The molecule has 0 saturated heterocycles. The molecular weight excluding hydrogens is 268 g/mol. The maximum absolute atomic E-state index is 6.07. The van der Waals surface area contributed by atoms with E-state index in [9.17, 15) is 0 Å². The van der Waals surface area contributed by atoms with Crippen molar-refractivity contribution in [2.45, 2.75) is 27.7 Å². The zero-order valence-corrected chi connectivity index (χ0v) is 13.5. The van der Waals surface area contributed by atoms with Gasteiger partial charge in [-0.05, 0) is 36.1 Å². The third kappa shape index (κ3) is 3.63. The van der Waals surface area contributed by atoms with E-state index in [4.69, 9.17) is 11.6 Å². The molecule has 1 aromatic heterocycles. The number of fused-ring (bicyclic) bond motifs is 1. The Morgan fingerprint density at radius 1 is 1.05 bits per heavy atom. The second kappa shape index (κ2) is 6.45. The lowest BCUT2D eigenvalue weighted by molar-refractivity contribution is 0.553. The number of hydrogen-bond donors (Lipinski definition) is 0. The predicted molar refractivity (Wildman–Crippen MR) is 88.6 cm³/mol. The number of aromatic nitrogens is 1. The molecule has 2 nitrogen and oxygen atoms in total. The number of anilines is 1. The minimum Gasteiger partial charge on any atom is -0.370 e. The molecule has 0 saturated carbocycles. The van der Waals surface area contributed by atoms with Crippen LogP contribution in [0.3, 0.4) is 0 Å². The van der Waals surface area contributed by atoms with Crippen LogP contribution in [0.15, 0.2) is 30.5 Å². The fourth-order valence-electron chi connectivity index (χ4n) is 2.53. The monoisotopic (exact) mass is 290 g/mol. The third-order valence-electron chi connectivity index (χ3n) is 3.19. The molecule has 0 amide bonds. The molecule has 0 spiro atoms. The van der Waals surface area contributed by atoms with E-state index >= 15 is 0 Å². The molecule has 1 heterocycles. The molecule has 2 rings (SSSR count). The highest BCUT2D eigenvalue weighted by molar-refractivity contribution is 6.31. The summed E-state index contributed by atoms with van der Waals surface area (Å²) in [6, 6.07) is 8.07. The number of rotatable bonds is 5. The van der Waals surface area contributed by atoms with Gasteiger partial charge in [-0.15, -0.1) is 0 Å². The molecule has 0 atom stereocenters. The zero-order valence-electron chi connectivity index (χ0n) is 12.7. The van der Waals surface area contributed by atoms with E-state index in [-0.39, 0.29) is 0 Å². The van der Waals surface area contributed by atoms with Crippen molar-refractivity contribution in [1.82, 2.24) is 4.98 Å². The van der Waals surface area contributed by atoms with Gasteiger partial charge in [0.15, 0.2) is 0 Å². The molecule has 0 radical (unpaired) electrons. The molecule has 0 fully saturated rings. The summed E-state index contributed by atoms with van der Waals surface area (Å²) >= 11 is 6.07. The molecule has 0 aliphatic rings. The smallest absolute Gasteiger partial charge is 0.0737 e. The minimum atomic E-state index is 0.629. The molecule has 0 unspecified atom stereocenters. The SMILES string of the molecule is CC(C)CN(CC(C)C)c1ccnc2cc(Cl)ccc12. The molecule has 2 aromatic rings. The fraction of sp³-hybridized carbons (Fsp3) is 0.471. The fourth-order valence-corrected chi connectivity index (χ4v) is 2.70. The van der Waals surface area contributed by atoms with Crippen molar-refractivity contribution in [3.63, 3.8) is 0 Å². The van der Waals surface area contributed by atoms with Crippen molar-refractivity contribution in [3.05, 3.63) is 35.5 Å². The Morgan fingerprint density at radius 3 is 2.30 bits per heavy atom. The lowest BCUT2D eigenvalue weighted by Gasteiger charge is -2.29. The van der Waals surface area contributed by atoms with Gasteiger partial charge >= 0.3 is 0 Å². The average molecular weight is 291 g/mol. The topological polar surface area (TPSA) is 16.1 Å². The predicted octanol–water partition coefficient (Wildman–Crippen LogP) is 5.01. The van der Waals surface area contributed by atoms with Gasteiger partial charge in [0, 0.05) is 35.4 Å². The summed E-state index contributed by atoms with van der Waals surface area (Å²) in [7, 11) is 0. The van der Waals surface area contributed by atoms with Crippen LogP contribution in [0.1, 0.15) is 27.7 Å². The number of hydrogen-bond acceptors (Lipinski definition) is 2. The van der Waals surface area contributed by atoms with Gasteiger partial charge in [-0.3, -0.25) is 4.98 Å². The van der Waals surface area contributed by atoms with E-state index in [2.05, 4.69) is 49.7 Å². The standard InChI is InChI=1S/C17H23ClN2/c1-12(2)10-20(11-13(3)4)17-7-8-19-16-9-14(18)5-6-15(16)17/h5-9,12-13H,10-11H2,1-4H3. The van der Waals surface area contributed by atoms with Crippen LogP contribution in [0.2, 0.25) is 5.02 Å². The highest BCUT2D eigenvalue weighted by Gasteiger charge is 2.13. The van der Waals surface area contributed by atoms with Crippen LogP contribution in [0.4, 0.5) is 5.69 Å². The van der Waals surface area contributed by atoms with Gasteiger partial charge in [-0.25, -0.2) is 0 Å². The van der Waals surface area contributed by atoms with Crippen molar-refractivity contribution < 1.29 is 0 Å². The van der Waals surface area contributed by atoms with Gasteiger partial charge < -0.3 is 4.90 Å². The second-order valence-electron chi connectivity index (χ2n) is 6.18. The first kappa shape index (κ1) is 15.1. The largest absolute Gasteiger partial charge is 0.370 e. The van der Waals surface area contributed by atoms with Crippen LogP contribution in [0, 0.1) is 11.8 Å². The summed E-state index contributed by atoms with van der Waals surface area (Å²) in [5.41, 5.74) is 2.22. The van der Waals surface area contributed by atoms with Gasteiger partial charge in [0.1, 0.15) is 0 Å². The summed E-state index contributed by atoms with van der Waals surface area (Å²) in [6.45, 7) is 11.1. The molecule has 0 N–H and O–H groups in total. The summed E-state index contributed by atoms with van der Waals surface area (Å²) in [5, 5.41) is 1.92. The van der Waals surface area contributed by atoms with Gasteiger partial charge in [0.05, 0.1) is 5.52 Å². The van der Waals surface area contributed by atoms with Crippen LogP contribution in [-0.2, 0) is 0 Å². The quantitative estimate of drug-likeness (QED) is 0.770. The summed E-state index contributed by atoms with van der Waals surface area (Å²) < 4.78 is 0. The van der Waals surface area contributed by atoms with Crippen molar-refractivity contribution in [2.75, 3.05) is 18.0 Å². The molecular formula is C17H23ClN2. The van der Waals surface area contributed by atoms with E-state index in [0.717, 1.165) is 23.6 Å². The normalized spacial score (nSPS) is 11.6. The molecule has 20 heavy (non-hydrogen) atoms. The molecule has 0 bridgehead atoms. The first-order valence-corrected chi connectivity index (χ1v) is 7.64. The summed E-state index contributed by atoms with van der Waals surface area (Å²) in [6.07, 6.45) is 1.88. The van der Waals surface area contributed by atoms with Crippen LogP contribution in [0.25, 0.3) is 10.9 Å². The Balaban J connectivity index is 2.46. The van der Waals surface area contributed by atoms with E-state index in [1.165, 1.54) is 11.1 Å². The van der Waals surface area contributed by atoms with Gasteiger partial charge in [-0.1, -0.05) is 39.3 Å². The maximum Gasteiger partial charge on any atom is 0.0737 e. The number of pyridine rings is 1. The molecule has 108 valence electrons. The number of halogens is 1. The lowest BCUT2D eigenvalue weighted by atomic mass is 10.1. The zero-order chi connectivity index (χ0) is 14.7. The lowest BCUT2D eigenvalue weighted by Crippen LogP contribution is -2.31. The van der Waals surface area contributed by atoms with Crippen molar-refractivity contribution in [1.29, 1.82) is 0 Å². The third-order valence-corrected chi connectivity index (χ3v) is 3.43. The van der Waals surface area contributed by atoms with Crippen LogP contribution in [0.5, 0.6) is 0 Å². The first-order valence-electron chi connectivity index (χ1n) is 7.26. The van der Waals surface area contributed by atoms with E-state index < -0.39 is 0 Å². The van der Waals surface area contributed by atoms with Crippen molar-refractivity contribution in [2.24, 2.45) is 11.8 Å². The first-order chi connectivity index (χ1) is 9.47. The average Bonchev–Trinajstić information content (AvgIpc) is 2.35. The Hall–Kier alpha value is -1.28. The van der Waals surface area contributed by atoms with Crippen LogP contribution in [-0.4, -0.2) is 18.1 Å². The van der Waals surface area contributed by atoms with E-state index in [0.29, 0.717) is 11.8 Å². The minimum absolute atomic E-state index is 0.629. The highest BCUT2D eigenvalue weighted by atomic mass is 35.5. The van der Waals surface area contributed by atoms with Gasteiger partial charge in [0.2, 0.25) is 0 Å². The van der Waals surface area contributed by atoms with Crippen molar-refractivity contribution >= 4 is 28.2 Å². The molecule has 0 aliphatic carbocycles. The Bertz CT molecular complexity index is 568. The molecule has 3 heteroatoms. The van der Waals surface area contributed by atoms with E-state index in [1.54, 1.807) is 0 Å². The summed E-state index contributed by atoms with van der Waals surface area (Å²) in [5.74, 6) is 1.26. The van der Waals surface area contributed by atoms with E-state index in [1.807, 2.05) is 18.3 Å². The Morgan fingerprint density at radius 2 is 1.70 bits per heavy atom. The number of benzene rings is 1. The number of nitrogens with zero attached hydrogens (tertiary/aromatic N) is 2. The van der Waals surface area contributed by atoms with Crippen LogP contribution < -0.4 is 4.90 Å². The highest BCUT2D eigenvalue weighted by Crippen LogP contribution is 2.28. The van der Waals surface area contributed by atoms with Gasteiger partial charge in [0.25, 0.3) is 0 Å².